The summed E-state index contributed by atoms with van der Waals surface area (Å²) in [5.74, 6) is 0.635. The van der Waals surface area contributed by atoms with Crippen LogP contribution in [0, 0.1) is 6.92 Å². The predicted molar refractivity (Wildman–Crippen MR) is 145 cm³/mol. The predicted octanol–water partition coefficient (Wildman–Crippen LogP) is 5.29. The maximum absolute atomic E-state index is 13.0. The van der Waals surface area contributed by atoms with Gasteiger partial charge in [0.25, 0.3) is 5.91 Å². The molecule has 3 aromatic rings. The molecule has 0 aromatic heterocycles. The third-order valence-electron chi connectivity index (χ3n) is 4.98. The molecule has 0 aliphatic rings. The average Bonchev–Trinajstić information content (AvgIpc) is 2.88. The number of aryl methyl sites for hydroxylation is 1. The van der Waals surface area contributed by atoms with Crippen molar-refractivity contribution >= 4 is 50.0 Å². The summed E-state index contributed by atoms with van der Waals surface area (Å²) >= 11 is 6.81. The number of benzene rings is 3. The van der Waals surface area contributed by atoms with Crippen LogP contribution in [-0.4, -0.2) is 46.0 Å². The highest BCUT2D eigenvalue weighted by Crippen LogP contribution is 2.39. The van der Waals surface area contributed by atoms with Crippen LogP contribution in [0.15, 0.2) is 62.6 Å². The molecule has 0 aliphatic carbocycles. The van der Waals surface area contributed by atoms with Crippen LogP contribution >= 0.6 is 31.9 Å². The highest BCUT2D eigenvalue weighted by Gasteiger charge is 2.20. The van der Waals surface area contributed by atoms with Crippen LogP contribution in [0.3, 0.4) is 0 Å². The summed E-state index contributed by atoms with van der Waals surface area (Å²) in [5, 5.41) is 3.98. The quantitative estimate of drug-likeness (QED) is 0.140. The Morgan fingerprint density at radius 3 is 2.22 bits per heavy atom. The third kappa shape index (κ3) is 7.23. The normalized spacial score (nSPS) is 10.6. The summed E-state index contributed by atoms with van der Waals surface area (Å²) in [6, 6.07) is 13.7. The van der Waals surface area contributed by atoms with Crippen molar-refractivity contribution in [1.29, 1.82) is 0 Å². The van der Waals surface area contributed by atoms with Crippen molar-refractivity contribution in [2.75, 3.05) is 27.9 Å². The lowest BCUT2D eigenvalue weighted by molar-refractivity contribution is -0.123. The second-order valence-electron chi connectivity index (χ2n) is 7.46. The second kappa shape index (κ2) is 13.1. The minimum atomic E-state index is -0.674. The average molecular weight is 636 g/mol. The molecule has 0 radical (unpaired) electrons. The van der Waals surface area contributed by atoms with Gasteiger partial charge in [0.2, 0.25) is 5.75 Å². The molecule has 0 spiro atoms. The van der Waals surface area contributed by atoms with Gasteiger partial charge in [-0.2, -0.15) is 5.10 Å². The van der Waals surface area contributed by atoms with Gasteiger partial charge in [-0.15, -0.1) is 0 Å². The molecule has 0 aliphatic heterocycles. The van der Waals surface area contributed by atoms with Gasteiger partial charge in [0.1, 0.15) is 5.75 Å². The molecule has 3 rings (SSSR count). The van der Waals surface area contributed by atoms with E-state index in [1.807, 2.05) is 25.1 Å². The topological polar surface area (TPSA) is 105 Å². The minimum absolute atomic E-state index is 0.175. The number of para-hydroxylation sites is 1. The molecule has 3 aromatic carbocycles. The summed E-state index contributed by atoms with van der Waals surface area (Å²) in [6.45, 7) is 1.67. The monoisotopic (exact) mass is 634 g/mol. The van der Waals surface area contributed by atoms with Gasteiger partial charge >= 0.3 is 5.97 Å². The molecule has 0 unspecified atom stereocenters. The van der Waals surface area contributed by atoms with Crippen molar-refractivity contribution in [3.05, 3.63) is 74.2 Å². The number of nitrogens with one attached hydrogen (secondary N) is 1. The van der Waals surface area contributed by atoms with Gasteiger partial charge in [-0.1, -0.05) is 34.1 Å². The van der Waals surface area contributed by atoms with Crippen LogP contribution in [-0.2, 0) is 4.79 Å². The van der Waals surface area contributed by atoms with Gasteiger partial charge in [0.05, 0.1) is 37.6 Å². The minimum Gasteiger partial charge on any atom is -0.493 e. The molecule has 37 heavy (non-hydrogen) atoms. The maximum Gasteiger partial charge on any atom is 0.343 e. The number of rotatable bonds is 10. The zero-order valence-corrected chi connectivity index (χ0v) is 23.6. The lowest BCUT2D eigenvalue weighted by Gasteiger charge is -2.15. The first-order chi connectivity index (χ1) is 17.8. The van der Waals surface area contributed by atoms with E-state index in [2.05, 4.69) is 42.4 Å². The molecule has 194 valence electrons. The molecule has 1 N–H and O–H groups in total. The van der Waals surface area contributed by atoms with E-state index in [4.69, 9.17) is 23.7 Å². The smallest absolute Gasteiger partial charge is 0.343 e. The fourth-order valence-electron chi connectivity index (χ4n) is 3.20. The van der Waals surface area contributed by atoms with Gasteiger partial charge in [-0.05, 0) is 58.7 Å². The molecular weight excluding hydrogens is 612 g/mol. The van der Waals surface area contributed by atoms with Gasteiger partial charge < -0.3 is 23.7 Å². The van der Waals surface area contributed by atoms with Crippen molar-refractivity contribution in [3.63, 3.8) is 0 Å². The van der Waals surface area contributed by atoms with Crippen molar-refractivity contribution < 1.29 is 33.3 Å². The first-order valence-electron chi connectivity index (χ1n) is 10.8. The largest absolute Gasteiger partial charge is 0.493 e. The zero-order valence-electron chi connectivity index (χ0n) is 20.5. The van der Waals surface area contributed by atoms with Gasteiger partial charge in [0, 0.05) is 10.0 Å². The van der Waals surface area contributed by atoms with Crippen LogP contribution < -0.4 is 29.1 Å². The molecule has 0 heterocycles. The highest BCUT2D eigenvalue weighted by molar-refractivity contribution is 9.11. The van der Waals surface area contributed by atoms with Crippen LogP contribution in [0.2, 0.25) is 0 Å². The number of hydrogen-bond donors (Lipinski definition) is 1. The zero-order chi connectivity index (χ0) is 26.9. The molecular formula is C26H24Br2N2O7. The molecule has 0 fully saturated rings. The fraction of sp³-hybridized carbons (Fsp3) is 0.192. The van der Waals surface area contributed by atoms with Gasteiger partial charge in [-0.25, -0.2) is 10.2 Å². The molecule has 0 saturated carbocycles. The lowest BCUT2D eigenvalue weighted by atomic mass is 10.1. The summed E-state index contributed by atoms with van der Waals surface area (Å²) in [5.41, 5.74) is 3.91. The standard InChI is InChI=1S/C26H24Br2N2O7/c1-15-7-5-6-8-20(15)36-14-23(31)30-29-13-17-9-18(27)12-19(28)24(17)37-26(32)16-10-21(33-2)25(35-4)22(11-16)34-3/h5-13H,14H2,1-4H3,(H,30,31)/b29-13+. The number of methoxy groups -OCH3 is 3. The Morgan fingerprint density at radius 1 is 0.919 bits per heavy atom. The number of carbonyl (C=O) groups is 2. The van der Waals surface area contributed by atoms with E-state index in [0.29, 0.717) is 37.5 Å². The fourth-order valence-corrected chi connectivity index (χ4v) is 4.54. The van der Waals surface area contributed by atoms with Crippen LogP contribution in [0.5, 0.6) is 28.7 Å². The van der Waals surface area contributed by atoms with E-state index < -0.39 is 11.9 Å². The van der Waals surface area contributed by atoms with Crippen molar-refractivity contribution in [2.45, 2.75) is 6.92 Å². The lowest BCUT2D eigenvalue weighted by Crippen LogP contribution is -2.24. The molecule has 0 bridgehead atoms. The summed E-state index contributed by atoms with van der Waals surface area (Å²) < 4.78 is 28.3. The Bertz CT molecular complexity index is 1300. The third-order valence-corrected chi connectivity index (χ3v) is 6.02. The van der Waals surface area contributed by atoms with E-state index in [9.17, 15) is 9.59 Å². The van der Waals surface area contributed by atoms with E-state index in [1.54, 1.807) is 18.2 Å². The number of amides is 1. The second-order valence-corrected chi connectivity index (χ2v) is 9.23. The van der Waals surface area contributed by atoms with Crippen molar-refractivity contribution in [1.82, 2.24) is 5.43 Å². The number of halogens is 2. The van der Waals surface area contributed by atoms with Crippen LogP contribution in [0.25, 0.3) is 0 Å². The number of esters is 1. The summed E-state index contributed by atoms with van der Waals surface area (Å²) in [6.07, 6.45) is 1.36. The number of carbonyl (C=O) groups excluding carboxylic acids is 2. The molecule has 11 heteroatoms. The number of nitrogens with zero attached hydrogens (tertiary/aromatic N) is 1. The SMILES string of the molecule is COc1cc(C(=O)Oc2c(Br)cc(Br)cc2/C=N/NC(=O)COc2ccccc2C)cc(OC)c1OC. The Morgan fingerprint density at radius 2 is 1.59 bits per heavy atom. The number of hydrogen-bond acceptors (Lipinski definition) is 8. The number of hydrazone groups is 1. The van der Waals surface area contributed by atoms with E-state index in [1.165, 1.54) is 39.7 Å². The van der Waals surface area contributed by atoms with E-state index in [-0.39, 0.29) is 17.9 Å². The van der Waals surface area contributed by atoms with Crippen LogP contribution in [0.1, 0.15) is 21.5 Å². The molecule has 0 saturated heterocycles. The first-order valence-corrected chi connectivity index (χ1v) is 12.4. The first kappa shape index (κ1) is 28.0. The Labute approximate surface area is 231 Å². The Kier molecular flexibility index (Phi) is 9.93. The summed E-state index contributed by atoms with van der Waals surface area (Å²) in [4.78, 5) is 25.2. The number of ether oxygens (including phenoxy) is 5. The Balaban J connectivity index is 1.77. The van der Waals surface area contributed by atoms with Crippen LogP contribution in [0.4, 0.5) is 0 Å². The molecule has 0 atom stereocenters. The van der Waals surface area contributed by atoms with E-state index in [0.717, 1.165) is 5.56 Å². The van der Waals surface area contributed by atoms with E-state index >= 15 is 0 Å². The maximum atomic E-state index is 13.0. The van der Waals surface area contributed by atoms with Crippen molar-refractivity contribution in [3.8, 4) is 28.7 Å². The molecule has 9 nitrogen and oxygen atoms in total. The summed E-state index contributed by atoms with van der Waals surface area (Å²) in [7, 11) is 4.37. The highest BCUT2D eigenvalue weighted by atomic mass is 79.9. The Hall–Kier alpha value is -3.57. The van der Waals surface area contributed by atoms with Gasteiger partial charge in [0.15, 0.2) is 23.9 Å². The molecule has 1 amide bonds. The van der Waals surface area contributed by atoms with Crippen molar-refractivity contribution in [2.24, 2.45) is 5.10 Å². The van der Waals surface area contributed by atoms with Gasteiger partial charge in [-0.3, -0.25) is 4.79 Å².